The van der Waals surface area contributed by atoms with Gasteiger partial charge in [-0.15, -0.1) is 0 Å². The van der Waals surface area contributed by atoms with E-state index in [0.717, 1.165) is 6.07 Å². The molecule has 3 rings (SSSR count). The van der Waals surface area contributed by atoms with Gasteiger partial charge in [0.1, 0.15) is 23.8 Å². The van der Waals surface area contributed by atoms with E-state index in [4.69, 9.17) is 14.7 Å². The number of carbonyl (C=O) groups excluding carboxylic acids is 2. The summed E-state index contributed by atoms with van der Waals surface area (Å²) < 4.78 is 25.2. The quantitative estimate of drug-likeness (QED) is 0.641. The monoisotopic (exact) mass is 470 g/mol. The minimum absolute atomic E-state index is 0.125. The van der Waals surface area contributed by atoms with Crippen LogP contribution >= 0.6 is 0 Å². The Bertz CT molecular complexity index is 1100. The Balaban J connectivity index is 1.77. The molecule has 2 aromatic rings. The van der Waals surface area contributed by atoms with Crippen molar-refractivity contribution in [1.82, 2.24) is 9.88 Å². The summed E-state index contributed by atoms with van der Waals surface area (Å²) in [4.78, 5) is 31.8. The summed E-state index contributed by atoms with van der Waals surface area (Å²) in [5, 5.41) is 18.8. The van der Waals surface area contributed by atoms with Crippen LogP contribution in [0.4, 0.5) is 15.0 Å². The number of pyridine rings is 1. The van der Waals surface area contributed by atoms with E-state index < -0.39 is 23.6 Å². The molecular formula is C24H27FN4O5. The average molecular weight is 471 g/mol. The Morgan fingerprint density at radius 3 is 2.71 bits per heavy atom. The number of nitrogens with zero attached hydrogens (tertiary/aromatic N) is 4. The highest BCUT2D eigenvalue weighted by Crippen LogP contribution is 2.26. The van der Waals surface area contributed by atoms with Gasteiger partial charge in [-0.1, -0.05) is 6.07 Å². The van der Waals surface area contributed by atoms with Crippen molar-refractivity contribution in [2.45, 2.75) is 39.0 Å². The van der Waals surface area contributed by atoms with Crippen LogP contribution in [0.15, 0.2) is 30.3 Å². The van der Waals surface area contributed by atoms with Crippen molar-refractivity contribution < 1.29 is 28.6 Å². The van der Waals surface area contributed by atoms with E-state index in [-0.39, 0.29) is 36.8 Å². The number of aliphatic hydroxyl groups is 1. The molecule has 10 heteroatoms. The first-order valence-electron chi connectivity index (χ1n) is 10.8. The Hall–Kier alpha value is -3.71. The van der Waals surface area contributed by atoms with Gasteiger partial charge in [0.25, 0.3) is 0 Å². The Kier molecular flexibility index (Phi) is 7.68. The fraction of sp³-hybridized carbons (Fsp3) is 0.417. The average Bonchev–Trinajstić information content (AvgIpc) is 2.81. The zero-order valence-electron chi connectivity index (χ0n) is 19.3. The van der Waals surface area contributed by atoms with Crippen molar-refractivity contribution in [1.29, 1.82) is 5.26 Å². The smallest absolute Gasteiger partial charge is 0.410 e. The fourth-order valence-corrected chi connectivity index (χ4v) is 3.51. The predicted octanol–water partition coefficient (Wildman–Crippen LogP) is 2.90. The van der Waals surface area contributed by atoms with Gasteiger partial charge in [0.15, 0.2) is 6.29 Å². The molecule has 0 radical (unpaired) electrons. The van der Waals surface area contributed by atoms with Crippen molar-refractivity contribution in [2.75, 3.05) is 31.1 Å². The highest BCUT2D eigenvalue weighted by molar-refractivity contribution is 5.83. The molecule has 0 aliphatic carbocycles. The predicted molar refractivity (Wildman–Crippen MR) is 121 cm³/mol. The van der Waals surface area contributed by atoms with Gasteiger partial charge in [-0.05, 0) is 39.0 Å². The van der Waals surface area contributed by atoms with E-state index in [9.17, 15) is 19.1 Å². The Morgan fingerprint density at radius 1 is 1.32 bits per heavy atom. The second-order valence-corrected chi connectivity index (χ2v) is 8.84. The zero-order chi connectivity index (χ0) is 24.9. The largest absolute Gasteiger partial charge is 0.473 e. The number of aromatic nitrogens is 1. The van der Waals surface area contributed by atoms with E-state index in [0.29, 0.717) is 30.8 Å². The molecule has 1 atom stereocenters. The number of amides is 1. The van der Waals surface area contributed by atoms with Crippen molar-refractivity contribution in [2.24, 2.45) is 0 Å². The highest BCUT2D eigenvalue weighted by Gasteiger charge is 2.33. The first kappa shape index (κ1) is 24.9. The van der Waals surface area contributed by atoms with Crippen LogP contribution in [-0.4, -0.2) is 65.3 Å². The molecule has 1 fully saturated rings. The van der Waals surface area contributed by atoms with Crippen LogP contribution in [0, 0.1) is 17.1 Å². The van der Waals surface area contributed by atoms with Crippen molar-refractivity contribution >= 4 is 18.2 Å². The van der Waals surface area contributed by atoms with Crippen LogP contribution in [0.2, 0.25) is 0 Å². The number of hydrogen-bond donors (Lipinski definition) is 1. The molecule has 1 aromatic heterocycles. The Morgan fingerprint density at radius 2 is 2.09 bits per heavy atom. The molecule has 1 aliphatic rings. The van der Waals surface area contributed by atoms with Gasteiger partial charge < -0.3 is 24.4 Å². The molecular weight excluding hydrogens is 443 g/mol. The van der Waals surface area contributed by atoms with Crippen LogP contribution in [0.3, 0.4) is 0 Å². The first-order valence-corrected chi connectivity index (χ1v) is 10.8. The number of hydrogen-bond acceptors (Lipinski definition) is 8. The maximum atomic E-state index is 14.2. The number of aliphatic hydroxyl groups excluding tert-OH is 1. The van der Waals surface area contributed by atoms with E-state index in [2.05, 4.69) is 4.98 Å². The van der Waals surface area contributed by atoms with Gasteiger partial charge in [-0.3, -0.25) is 4.79 Å². The molecule has 9 nitrogen and oxygen atoms in total. The third-order valence-electron chi connectivity index (χ3n) is 5.18. The summed E-state index contributed by atoms with van der Waals surface area (Å²) in [6.07, 6.45) is 0.178. The lowest BCUT2D eigenvalue weighted by Crippen LogP contribution is -2.57. The molecule has 0 spiro atoms. The molecule has 180 valence electrons. The number of carbonyl (C=O) groups is 2. The second-order valence-electron chi connectivity index (χ2n) is 8.84. The highest BCUT2D eigenvalue weighted by atomic mass is 19.1. The molecule has 2 heterocycles. The van der Waals surface area contributed by atoms with E-state index in [1.165, 1.54) is 29.2 Å². The fourth-order valence-electron chi connectivity index (χ4n) is 3.51. The standard InChI is InChI=1S/C24H27FN4O5/c1-24(2,3)34-23(32)28-8-9-29(19(12-28)14-31)22-17(13-30)6-7-21(27-22)33-15-18-5-4-16(11-26)10-20(18)25/h4-7,10,13,19,31H,8-9,12,14-15H2,1-3H3/t19-/m1/s1. The number of rotatable bonds is 6. The molecule has 1 N–H and O–H groups in total. The topological polar surface area (TPSA) is 116 Å². The molecule has 0 saturated carbocycles. The lowest BCUT2D eigenvalue weighted by atomic mass is 10.1. The van der Waals surface area contributed by atoms with Crippen molar-refractivity contribution in [3.63, 3.8) is 0 Å². The number of piperazine rings is 1. The third-order valence-corrected chi connectivity index (χ3v) is 5.18. The summed E-state index contributed by atoms with van der Waals surface area (Å²) in [5.41, 5.74) is 0.106. The maximum Gasteiger partial charge on any atom is 0.410 e. The molecule has 34 heavy (non-hydrogen) atoms. The normalized spacial score (nSPS) is 16.1. The lowest BCUT2D eigenvalue weighted by molar-refractivity contribution is 0.0196. The van der Waals surface area contributed by atoms with Gasteiger partial charge in [0.2, 0.25) is 5.88 Å². The molecule has 1 saturated heterocycles. The number of anilines is 1. The number of aldehydes is 1. The van der Waals surface area contributed by atoms with Crippen molar-refractivity contribution in [3.05, 3.63) is 52.8 Å². The minimum atomic E-state index is -0.644. The summed E-state index contributed by atoms with van der Waals surface area (Å²) in [6.45, 7) is 5.74. The number of nitriles is 1. The third kappa shape index (κ3) is 5.99. The maximum absolute atomic E-state index is 14.2. The van der Waals surface area contributed by atoms with E-state index in [1.807, 2.05) is 6.07 Å². The van der Waals surface area contributed by atoms with Crippen molar-refractivity contribution in [3.8, 4) is 11.9 Å². The first-order chi connectivity index (χ1) is 16.1. The molecule has 1 aliphatic heterocycles. The number of ether oxygens (including phenoxy) is 2. The van der Waals surface area contributed by atoms with E-state index in [1.54, 1.807) is 25.7 Å². The van der Waals surface area contributed by atoms with Crippen LogP contribution in [0.1, 0.15) is 42.3 Å². The molecule has 1 amide bonds. The van der Waals surface area contributed by atoms with Crippen LogP contribution in [-0.2, 0) is 11.3 Å². The summed E-state index contributed by atoms with van der Waals surface area (Å²) in [7, 11) is 0. The van der Waals surface area contributed by atoms with Gasteiger partial charge >= 0.3 is 6.09 Å². The van der Waals surface area contributed by atoms with Gasteiger partial charge in [-0.25, -0.2) is 9.18 Å². The second kappa shape index (κ2) is 10.5. The molecule has 1 aromatic carbocycles. The molecule has 0 bridgehead atoms. The number of benzene rings is 1. The summed E-state index contributed by atoms with van der Waals surface area (Å²) in [6, 6.07) is 8.48. The SMILES string of the molecule is CC(C)(C)OC(=O)N1CCN(c2nc(OCc3ccc(C#N)cc3F)ccc2C=O)[C@@H](CO)C1. The molecule has 0 unspecified atom stereocenters. The lowest BCUT2D eigenvalue weighted by Gasteiger charge is -2.41. The number of halogens is 1. The van der Waals surface area contributed by atoms with Gasteiger partial charge in [0, 0.05) is 31.3 Å². The zero-order valence-corrected chi connectivity index (χ0v) is 19.3. The van der Waals surface area contributed by atoms with E-state index >= 15 is 0 Å². The minimum Gasteiger partial charge on any atom is -0.473 e. The van der Waals surface area contributed by atoms with Crippen LogP contribution in [0.25, 0.3) is 0 Å². The van der Waals surface area contributed by atoms with Gasteiger partial charge in [-0.2, -0.15) is 10.2 Å². The van der Waals surface area contributed by atoms with Crippen LogP contribution < -0.4 is 9.64 Å². The Labute approximate surface area is 197 Å². The summed E-state index contributed by atoms with van der Waals surface area (Å²) in [5.74, 6) is -0.103. The summed E-state index contributed by atoms with van der Waals surface area (Å²) >= 11 is 0. The van der Waals surface area contributed by atoms with Gasteiger partial charge in [0.05, 0.1) is 29.8 Å². The van der Waals surface area contributed by atoms with Crippen LogP contribution in [0.5, 0.6) is 5.88 Å².